The standard InChI is InChI=1S/C11H11NO3/c1-15-6-7-3-2-4-9-8(7)5-10(12-9)11(13)14/h2-5,12H,6H2,1H3,(H,13,14). The van der Waals surface area contributed by atoms with Crippen molar-refractivity contribution in [1.82, 2.24) is 4.98 Å². The summed E-state index contributed by atoms with van der Waals surface area (Å²) in [6, 6.07) is 7.27. The van der Waals surface area contributed by atoms with E-state index in [1.165, 1.54) is 0 Å². The van der Waals surface area contributed by atoms with Crippen molar-refractivity contribution in [1.29, 1.82) is 0 Å². The normalized spacial score (nSPS) is 10.7. The molecule has 1 aromatic heterocycles. The Kier molecular flexibility index (Phi) is 2.43. The maximum atomic E-state index is 10.8. The highest BCUT2D eigenvalue weighted by Gasteiger charge is 2.09. The van der Waals surface area contributed by atoms with Crippen molar-refractivity contribution in [2.45, 2.75) is 6.61 Å². The van der Waals surface area contributed by atoms with Gasteiger partial charge in [0.25, 0.3) is 0 Å². The molecule has 0 aliphatic heterocycles. The van der Waals surface area contributed by atoms with Gasteiger partial charge in [0.1, 0.15) is 5.69 Å². The molecule has 0 atom stereocenters. The van der Waals surface area contributed by atoms with E-state index < -0.39 is 5.97 Å². The van der Waals surface area contributed by atoms with Crippen LogP contribution in [0.5, 0.6) is 0 Å². The minimum Gasteiger partial charge on any atom is -0.477 e. The van der Waals surface area contributed by atoms with E-state index in [0.717, 1.165) is 16.5 Å². The van der Waals surface area contributed by atoms with Crippen LogP contribution in [0.15, 0.2) is 24.3 Å². The van der Waals surface area contributed by atoms with Gasteiger partial charge in [-0.2, -0.15) is 0 Å². The van der Waals surface area contributed by atoms with E-state index in [1.807, 2.05) is 18.2 Å². The molecule has 0 saturated carbocycles. The quantitative estimate of drug-likeness (QED) is 0.805. The highest BCUT2D eigenvalue weighted by molar-refractivity contribution is 5.94. The van der Waals surface area contributed by atoms with Crippen molar-refractivity contribution in [3.8, 4) is 0 Å². The number of H-pyrrole nitrogens is 1. The Labute approximate surface area is 86.5 Å². The third-order valence-electron chi connectivity index (χ3n) is 2.28. The summed E-state index contributed by atoms with van der Waals surface area (Å²) < 4.78 is 5.04. The van der Waals surface area contributed by atoms with Crippen LogP contribution in [0.4, 0.5) is 0 Å². The molecular weight excluding hydrogens is 194 g/mol. The van der Waals surface area contributed by atoms with Gasteiger partial charge in [-0.05, 0) is 17.7 Å². The molecule has 1 aromatic carbocycles. The highest BCUT2D eigenvalue weighted by Crippen LogP contribution is 2.20. The van der Waals surface area contributed by atoms with Crippen LogP contribution in [-0.2, 0) is 11.3 Å². The molecule has 0 aliphatic rings. The van der Waals surface area contributed by atoms with Crippen molar-refractivity contribution in [3.63, 3.8) is 0 Å². The van der Waals surface area contributed by atoms with Crippen LogP contribution in [0, 0.1) is 0 Å². The van der Waals surface area contributed by atoms with Gasteiger partial charge in [-0.3, -0.25) is 0 Å². The van der Waals surface area contributed by atoms with Gasteiger partial charge in [0.05, 0.1) is 6.61 Å². The van der Waals surface area contributed by atoms with Gasteiger partial charge in [-0.15, -0.1) is 0 Å². The summed E-state index contributed by atoms with van der Waals surface area (Å²) >= 11 is 0. The molecule has 15 heavy (non-hydrogen) atoms. The van der Waals surface area contributed by atoms with E-state index in [4.69, 9.17) is 9.84 Å². The second-order valence-corrected chi connectivity index (χ2v) is 3.30. The van der Waals surface area contributed by atoms with Crippen LogP contribution in [0.3, 0.4) is 0 Å². The number of carboxylic acids is 1. The zero-order valence-electron chi connectivity index (χ0n) is 8.28. The molecule has 78 valence electrons. The zero-order valence-corrected chi connectivity index (χ0v) is 8.28. The summed E-state index contributed by atoms with van der Waals surface area (Å²) in [5, 5.41) is 9.74. The van der Waals surface area contributed by atoms with E-state index >= 15 is 0 Å². The fraction of sp³-hybridized carbons (Fsp3) is 0.182. The lowest BCUT2D eigenvalue weighted by Crippen LogP contribution is -1.94. The lowest BCUT2D eigenvalue weighted by Gasteiger charge is -2.00. The molecule has 0 fully saturated rings. The molecule has 0 aliphatic carbocycles. The number of methoxy groups -OCH3 is 1. The fourth-order valence-electron chi connectivity index (χ4n) is 1.61. The Morgan fingerprint density at radius 2 is 2.33 bits per heavy atom. The summed E-state index contributed by atoms with van der Waals surface area (Å²) in [4.78, 5) is 13.6. The molecule has 0 radical (unpaired) electrons. The SMILES string of the molecule is COCc1cccc2[nH]c(C(=O)O)cc12. The minimum absolute atomic E-state index is 0.202. The highest BCUT2D eigenvalue weighted by atomic mass is 16.5. The summed E-state index contributed by atoms with van der Waals surface area (Å²) in [6.07, 6.45) is 0. The Morgan fingerprint density at radius 1 is 1.53 bits per heavy atom. The van der Waals surface area contributed by atoms with Gasteiger partial charge in [-0.1, -0.05) is 12.1 Å². The van der Waals surface area contributed by atoms with Crippen molar-refractivity contribution < 1.29 is 14.6 Å². The first-order valence-corrected chi connectivity index (χ1v) is 4.55. The minimum atomic E-state index is -0.949. The number of fused-ring (bicyclic) bond motifs is 1. The lowest BCUT2D eigenvalue weighted by atomic mass is 10.1. The number of rotatable bonds is 3. The molecule has 1 heterocycles. The monoisotopic (exact) mass is 205 g/mol. The smallest absolute Gasteiger partial charge is 0.352 e. The van der Waals surface area contributed by atoms with Crippen molar-refractivity contribution >= 4 is 16.9 Å². The Hall–Kier alpha value is -1.81. The Bertz CT molecular complexity index is 502. The summed E-state index contributed by atoms with van der Waals surface area (Å²) in [7, 11) is 1.61. The van der Waals surface area contributed by atoms with E-state index in [9.17, 15) is 4.79 Å². The molecule has 2 N–H and O–H groups in total. The molecular formula is C11H11NO3. The fourth-order valence-corrected chi connectivity index (χ4v) is 1.61. The number of carboxylic acid groups (broad SMARTS) is 1. The number of aromatic amines is 1. The topological polar surface area (TPSA) is 62.3 Å². The number of ether oxygens (including phenoxy) is 1. The number of aromatic carboxylic acids is 1. The predicted octanol–water partition coefficient (Wildman–Crippen LogP) is 2.01. The molecule has 4 heteroatoms. The summed E-state index contributed by atoms with van der Waals surface area (Å²) in [5.74, 6) is -0.949. The van der Waals surface area contributed by atoms with Gasteiger partial charge in [0, 0.05) is 18.0 Å². The molecule has 0 bridgehead atoms. The van der Waals surface area contributed by atoms with Crippen LogP contribution in [-0.4, -0.2) is 23.2 Å². The third kappa shape index (κ3) is 1.71. The van der Waals surface area contributed by atoms with Crippen molar-refractivity contribution in [2.75, 3.05) is 7.11 Å². The van der Waals surface area contributed by atoms with Gasteiger partial charge in [0.2, 0.25) is 0 Å². The molecule has 0 spiro atoms. The Morgan fingerprint density at radius 3 is 3.00 bits per heavy atom. The van der Waals surface area contributed by atoms with E-state index in [1.54, 1.807) is 13.2 Å². The van der Waals surface area contributed by atoms with Crippen LogP contribution in [0.25, 0.3) is 10.9 Å². The van der Waals surface area contributed by atoms with Gasteiger partial charge in [-0.25, -0.2) is 4.79 Å². The number of aromatic nitrogens is 1. The maximum Gasteiger partial charge on any atom is 0.352 e. The third-order valence-corrected chi connectivity index (χ3v) is 2.28. The second kappa shape index (κ2) is 3.74. The molecule has 0 amide bonds. The summed E-state index contributed by atoms with van der Waals surface area (Å²) in [6.45, 7) is 0.480. The van der Waals surface area contributed by atoms with Crippen LogP contribution in [0.2, 0.25) is 0 Å². The number of hydrogen-bond acceptors (Lipinski definition) is 2. The first-order chi connectivity index (χ1) is 7.22. The number of nitrogens with one attached hydrogen (secondary N) is 1. The molecule has 4 nitrogen and oxygen atoms in total. The molecule has 2 aromatic rings. The second-order valence-electron chi connectivity index (χ2n) is 3.30. The number of hydrogen-bond donors (Lipinski definition) is 2. The van der Waals surface area contributed by atoms with Crippen LogP contribution < -0.4 is 0 Å². The Balaban J connectivity index is 2.59. The van der Waals surface area contributed by atoms with Crippen LogP contribution in [0.1, 0.15) is 16.1 Å². The number of benzene rings is 1. The largest absolute Gasteiger partial charge is 0.477 e. The van der Waals surface area contributed by atoms with Gasteiger partial charge in [0.15, 0.2) is 0 Å². The summed E-state index contributed by atoms with van der Waals surface area (Å²) in [5.41, 5.74) is 2.01. The first kappa shape index (κ1) is 9.73. The average molecular weight is 205 g/mol. The van der Waals surface area contributed by atoms with E-state index in [2.05, 4.69) is 4.98 Å². The number of carbonyl (C=O) groups is 1. The van der Waals surface area contributed by atoms with E-state index in [0.29, 0.717) is 6.61 Å². The first-order valence-electron chi connectivity index (χ1n) is 4.55. The lowest BCUT2D eigenvalue weighted by molar-refractivity contribution is 0.0691. The van der Waals surface area contributed by atoms with Gasteiger partial charge < -0.3 is 14.8 Å². The van der Waals surface area contributed by atoms with Crippen molar-refractivity contribution in [3.05, 3.63) is 35.5 Å². The predicted molar refractivity (Wildman–Crippen MR) is 56.0 cm³/mol. The maximum absolute atomic E-state index is 10.8. The van der Waals surface area contributed by atoms with Gasteiger partial charge >= 0.3 is 5.97 Å². The molecule has 0 unspecified atom stereocenters. The van der Waals surface area contributed by atoms with Crippen molar-refractivity contribution in [2.24, 2.45) is 0 Å². The molecule has 0 saturated heterocycles. The molecule has 2 rings (SSSR count). The van der Waals surface area contributed by atoms with Crippen LogP contribution >= 0.6 is 0 Å². The van der Waals surface area contributed by atoms with E-state index in [-0.39, 0.29) is 5.69 Å². The average Bonchev–Trinajstić information content (AvgIpc) is 2.63. The zero-order chi connectivity index (χ0) is 10.8.